The van der Waals surface area contributed by atoms with E-state index >= 15 is 0 Å². The van der Waals surface area contributed by atoms with Crippen molar-refractivity contribution in [3.05, 3.63) is 28.2 Å². The minimum Gasteiger partial charge on any atom is -0.371 e. The van der Waals surface area contributed by atoms with Crippen LogP contribution in [0, 0.1) is 0 Å². The molecule has 0 bridgehead atoms. The third-order valence-corrected chi connectivity index (χ3v) is 3.62. The van der Waals surface area contributed by atoms with Crippen molar-refractivity contribution >= 4 is 5.91 Å². The van der Waals surface area contributed by atoms with Gasteiger partial charge in [0.15, 0.2) is 6.10 Å². The third-order valence-electron chi connectivity index (χ3n) is 3.62. The average Bonchev–Trinajstić information content (AvgIpc) is 2.93. The number of nitrogens with one attached hydrogen (secondary N) is 1. The van der Waals surface area contributed by atoms with Crippen LogP contribution in [-0.4, -0.2) is 46.9 Å². The molecule has 0 aliphatic carbocycles. The van der Waals surface area contributed by atoms with Gasteiger partial charge < -0.3 is 9.64 Å². The topological polar surface area (TPSA) is 75.3 Å². The van der Waals surface area contributed by atoms with Crippen molar-refractivity contribution in [2.24, 2.45) is 0 Å². The van der Waals surface area contributed by atoms with Gasteiger partial charge in [0, 0.05) is 19.7 Å². The largest absolute Gasteiger partial charge is 0.415 e. The number of alkyl halides is 3. The van der Waals surface area contributed by atoms with Crippen LogP contribution < -0.4 is 5.56 Å². The molecule has 1 N–H and O–H groups in total. The van der Waals surface area contributed by atoms with Crippen molar-refractivity contribution in [1.82, 2.24) is 15.1 Å². The number of methoxy groups -OCH3 is 1. The van der Waals surface area contributed by atoms with Gasteiger partial charge in [0.2, 0.25) is 5.91 Å². The van der Waals surface area contributed by atoms with Crippen LogP contribution in [-0.2, 0) is 9.53 Å². The first kappa shape index (κ1) is 16.5. The molecule has 2 atom stereocenters. The van der Waals surface area contributed by atoms with Crippen LogP contribution in [0.25, 0.3) is 0 Å². The molecule has 1 aromatic rings. The van der Waals surface area contributed by atoms with Crippen molar-refractivity contribution in [3.8, 4) is 0 Å². The number of hydrogen-bond acceptors (Lipinski definition) is 4. The Morgan fingerprint density at radius 3 is 2.82 bits per heavy atom. The van der Waals surface area contributed by atoms with Gasteiger partial charge in [0.25, 0.3) is 5.56 Å². The van der Waals surface area contributed by atoms with E-state index in [-0.39, 0.29) is 5.56 Å². The van der Waals surface area contributed by atoms with Crippen LogP contribution in [0.5, 0.6) is 0 Å². The number of halogens is 3. The van der Waals surface area contributed by atoms with Crippen molar-refractivity contribution in [1.29, 1.82) is 0 Å². The van der Waals surface area contributed by atoms with Crippen LogP contribution in [0.1, 0.15) is 31.0 Å². The molecule has 0 saturated carbocycles. The zero-order valence-electron chi connectivity index (χ0n) is 11.9. The fourth-order valence-electron chi connectivity index (χ4n) is 2.52. The van der Waals surface area contributed by atoms with E-state index in [4.69, 9.17) is 0 Å². The van der Waals surface area contributed by atoms with Gasteiger partial charge in [0.05, 0.1) is 18.2 Å². The highest BCUT2D eigenvalue weighted by Crippen LogP contribution is 2.32. The fourth-order valence-corrected chi connectivity index (χ4v) is 2.52. The Morgan fingerprint density at radius 2 is 2.27 bits per heavy atom. The second-order valence-electron chi connectivity index (χ2n) is 5.06. The molecule has 122 valence electrons. The first-order valence-electron chi connectivity index (χ1n) is 6.77. The number of amides is 1. The van der Waals surface area contributed by atoms with E-state index in [1.807, 2.05) is 0 Å². The van der Waals surface area contributed by atoms with Crippen LogP contribution in [0.4, 0.5) is 13.2 Å². The molecular formula is C13H16F3N3O3. The lowest BCUT2D eigenvalue weighted by molar-refractivity contribution is -0.215. The molecule has 0 radical (unpaired) electrons. The summed E-state index contributed by atoms with van der Waals surface area (Å²) in [6.07, 6.45) is -6.21. The summed E-state index contributed by atoms with van der Waals surface area (Å²) < 4.78 is 42.4. The minimum atomic E-state index is -4.59. The lowest BCUT2D eigenvalue weighted by Gasteiger charge is -2.26. The summed E-state index contributed by atoms with van der Waals surface area (Å²) in [7, 11) is 0.927. The first-order valence-corrected chi connectivity index (χ1v) is 6.77. The molecule has 6 nitrogen and oxygen atoms in total. The van der Waals surface area contributed by atoms with E-state index in [1.165, 1.54) is 17.0 Å². The molecule has 1 fully saturated rings. The molecule has 1 aliphatic heterocycles. The van der Waals surface area contributed by atoms with Gasteiger partial charge in [-0.15, -0.1) is 0 Å². The number of nitrogens with zero attached hydrogens (tertiary/aromatic N) is 2. The number of carbonyl (C=O) groups is 1. The molecule has 9 heteroatoms. The molecule has 1 saturated heterocycles. The minimum absolute atomic E-state index is 0.360. The Kier molecular flexibility index (Phi) is 4.84. The second-order valence-corrected chi connectivity index (χ2v) is 5.06. The summed E-state index contributed by atoms with van der Waals surface area (Å²) in [6.45, 7) is 0.360. The predicted octanol–water partition coefficient (Wildman–Crippen LogP) is 1.40. The zero-order valence-corrected chi connectivity index (χ0v) is 11.9. The molecule has 2 rings (SSSR count). The smallest absolute Gasteiger partial charge is 0.371 e. The molecule has 2 unspecified atom stereocenters. The van der Waals surface area contributed by atoms with Crippen LogP contribution >= 0.6 is 0 Å². The number of carbonyl (C=O) groups excluding carboxylic acids is 1. The molecule has 0 aromatic carbocycles. The highest BCUT2D eigenvalue weighted by molar-refractivity contribution is 5.77. The van der Waals surface area contributed by atoms with Crippen molar-refractivity contribution in [2.45, 2.75) is 37.6 Å². The van der Waals surface area contributed by atoms with Gasteiger partial charge >= 0.3 is 6.18 Å². The van der Waals surface area contributed by atoms with Gasteiger partial charge in [-0.1, -0.05) is 0 Å². The maximum absolute atomic E-state index is 12.7. The number of rotatable bonds is 4. The van der Waals surface area contributed by atoms with Crippen molar-refractivity contribution in [2.75, 3.05) is 13.7 Å². The zero-order chi connectivity index (χ0) is 16.3. The number of aromatic nitrogens is 2. The molecule has 22 heavy (non-hydrogen) atoms. The predicted molar refractivity (Wildman–Crippen MR) is 70.0 cm³/mol. The number of likely N-dealkylation sites (tertiary alicyclic amines) is 1. The van der Waals surface area contributed by atoms with E-state index in [2.05, 4.69) is 14.9 Å². The number of ether oxygens (including phenoxy) is 1. The standard InChI is InChI=1S/C13H16F3N3O3/c1-22-10(13(14,15)16)7-12(21)19-6-2-3-9(19)8-4-5-11(20)18-17-8/h4-5,9-10H,2-3,6-7H2,1H3,(H,18,20). The lowest BCUT2D eigenvalue weighted by Crippen LogP contribution is -2.39. The van der Waals surface area contributed by atoms with E-state index in [0.717, 1.165) is 7.11 Å². The summed E-state index contributed by atoms with van der Waals surface area (Å²) >= 11 is 0. The average molecular weight is 319 g/mol. The molecule has 1 aliphatic rings. The lowest BCUT2D eigenvalue weighted by atomic mass is 10.1. The van der Waals surface area contributed by atoms with E-state index in [0.29, 0.717) is 25.1 Å². The van der Waals surface area contributed by atoms with E-state index < -0.39 is 30.7 Å². The highest BCUT2D eigenvalue weighted by Gasteiger charge is 2.43. The Morgan fingerprint density at radius 1 is 1.55 bits per heavy atom. The fraction of sp³-hybridized carbons (Fsp3) is 0.615. The van der Waals surface area contributed by atoms with Crippen molar-refractivity contribution in [3.63, 3.8) is 0 Å². The first-order chi connectivity index (χ1) is 10.3. The highest BCUT2D eigenvalue weighted by atomic mass is 19.4. The van der Waals surface area contributed by atoms with Crippen molar-refractivity contribution < 1.29 is 22.7 Å². The summed E-state index contributed by atoms with van der Waals surface area (Å²) in [5.41, 5.74) is 0.0857. The van der Waals surface area contributed by atoms with Gasteiger partial charge in [-0.05, 0) is 18.9 Å². The SMILES string of the molecule is COC(CC(=O)N1CCCC1c1ccc(=O)[nH]n1)C(F)(F)F. The monoisotopic (exact) mass is 319 g/mol. The summed E-state index contributed by atoms with van der Waals surface area (Å²) in [4.78, 5) is 24.5. The van der Waals surface area contributed by atoms with Gasteiger partial charge in [-0.2, -0.15) is 18.3 Å². The molecule has 1 amide bonds. The summed E-state index contributed by atoms with van der Waals surface area (Å²) in [5.74, 6) is -0.639. The van der Waals surface area contributed by atoms with E-state index in [9.17, 15) is 22.8 Å². The van der Waals surface area contributed by atoms with Gasteiger partial charge in [0.1, 0.15) is 0 Å². The number of aromatic amines is 1. The Hall–Kier alpha value is -1.90. The summed E-state index contributed by atoms with van der Waals surface area (Å²) in [6, 6.07) is 2.33. The summed E-state index contributed by atoms with van der Waals surface area (Å²) in [5, 5.41) is 6.12. The second kappa shape index (κ2) is 6.47. The Bertz CT molecular complexity index is 567. The van der Waals surface area contributed by atoms with E-state index in [1.54, 1.807) is 0 Å². The van der Waals surface area contributed by atoms with Crippen LogP contribution in [0.3, 0.4) is 0 Å². The molecular weight excluding hydrogens is 303 g/mol. The Labute approximate surface area is 124 Å². The van der Waals surface area contributed by atoms with Crippen LogP contribution in [0.15, 0.2) is 16.9 Å². The van der Waals surface area contributed by atoms with Gasteiger partial charge in [-0.3, -0.25) is 9.59 Å². The maximum atomic E-state index is 12.7. The molecule has 2 heterocycles. The maximum Gasteiger partial charge on any atom is 0.415 e. The molecule has 0 spiro atoms. The quantitative estimate of drug-likeness (QED) is 0.910. The van der Waals surface area contributed by atoms with Gasteiger partial charge in [-0.25, -0.2) is 5.10 Å². The van der Waals surface area contributed by atoms with Crippen LogP contribution in [0.2, 0.25) is 0 Å². The number of hydrogen-bond donors (Lipinski definition) is 1. The third kappa shape index (κ3) is 3.65. The Balaban J connectivity index is 2.11. The normalized spacial score (nSPS) is 20.2. The molecule has 1 aromatic heterocycles. The number of H-pyrrole nitrogens is 1.